The van der Waals surface area contributed by atoms with Crippen molar-refractivity contribution in [1.82, 2.24) is 4.98 Å². The highest BCUT2D eigenvalue weighted by Gasteiger charge is 2.29. The molecule has 0 aliphatic carbocycles. The van der Waals surface area contributed by atoms with Crippen LogP contribution in [0.4, 0.5) is 19.0 Å². The number of halogens is 3. The molecule has 0 saturated carbocycles. The average Bonchev–Trinajstić information content (AvgIpc) is 3.13. The third kappa shape index (κ3) is 5.66. The average molecular weight is 414 g/mol. The first-order chi connectivity index (χ1) is 14.2. The Bertz CT molecular complexity index is 1080. The Kier molecular flexibility index (Phi) is 6.15. The molecule has 1 amide bonds. The van der Waals surface area contributed by atoms with Crippen molar-refractivity contribution in [1.29, 1.82) is 0 Å². The summed E-state index contributed by atoms with van der Waals surface area (Å²) in [7, 11) is 0. The fourth-order valence-corrected chi connectivity index (χ4v) is 2.65. The number of rotatable bonds is 6. The van der Waals surface area contributed by atoms with E-state index in [0.717, 1.165) is 17.7 Å². The van der Waals surface area contributed by atoms with Gasteiger partial charge in [0.1, 0.15) is 6.26 Å². The number of oxazole rings is 1. The Labute approximate surface area is 170 Å². The van der Waals surface area contributed by atoms with E-state index >= 15 is 0 Å². The van der Waals surface area contributed by atoms with Crippen LogP contribution < -0.4 is 5.32 Å². The van der Waals surface area contributed by atoms with E-state index in [1.165, 1.54) is 37.5 Å². The molecule has 5 nitrogen and oxygen atoms in total. The highest BCUT2D eigenvalue weighted by Crippen LogP contribution is 2.29. The SMILES string of the molecule is CC(=O)c1cccc(Cc2nc(NC(=O)C=Cc3ccc(C(F)(F)F)cc3)co2)c1. The second-order valence-corrected chi connectivity index (χ2v) is 6.50. The number of Topliss-reactive ketones (excluding diaryl/α,β-unsaturated/α-hetero) is 1. The number of alkyl halides is 3. The summed E-state index contributed by atoms with van der Waals surface area (Å²) in [6, 6.07) is 11.5. The Balaban J connectivity index is 1.59. The van der Waals surface area contributed by atoms with Crippen LogP contribution in [0, 0.1) is 0 Å². The first-order valence-electron chi connectivity index (χ1n) is 8.91. The van der Waals surface area contributed by atoms with E-state index < -0.39 is 17.6 Å². The highest BCUT2D eigenvalue weighted by molar-refractivity contribution is 6.01. The van der Waals surface area contributed by atoms with Crippen LogP contribution in [0.3, 0.4) is 0 Å². The molecule has 0 spiro atoms. The van der Waals surface area contributed by atoms with Gasteiger partial charge in [-0.3, -0.25) is 9.59 Å². The fourth-order valence-electron chi connectivity index (χ4n) is 2.65. The third-order valence-corrected chi connectivity index (χ3v) is 4.16. The first kappa shape index (κ1) is 21.0. The summed E-state index contributed by atoms with van der Waals surface area (Å²) in [5.41, 5.74) is 1.11. The summed E-state index contributed by atoms with van der Waals surface area (Å²) in [4.78, 5) is 27.6. The van der Waals surface area contributed by atoms with Gasteiger partial charge in [-0.2, -0.15) is 18.2 Å². The van der Waals surface area contributed by atoms with Gasteiger partial charge in [0, 0.05) is 18.1 Å². The van der Waals surface area contributed by atoms with Gasteiger partial charge >= 0.3 is 6.18 Å². The van der Waals surface area contributed by atoms with Crippen LogP contribution in [0.15, 0.2) is 65.3 Å². The van der Waals surface area contributed by atoms with Crippen LogP contribution in [0.1, 0.15) is 39.9 Å². The van der Waals surface area contributed by atoms with Gasteiger partial charge in [0.2, 0.25) is 5.91 Å². The normalized spacial score (nSPS) is 11.6. The lowest BCUT2D eigenvalue weighted by molar-refractivity contribution is -0.137. The van der Waals surface area contributed by atoms with Crippen molar-refractivity contribution in [3.63, 3.8) is 0 Å². The van der Waals surface area contributed by atoms with E-state index in [2.05, 4.69) is 10.3 Å². The molecular formula is C22H17F3N2O3. The molecule has 0 aliphatic heterocycles. The van der Waals surface area contributed by atoms with Crippen molar-refractivity contribution >= 4 is 23.6 Å². The number of hydrogen-bond acceptors (Lipinski definition) is 4. The summed E-state index contributed by atoms with van der Waals surface area (Å²) in [5.74, 6) is 0.0119. The van der Waals surface area contributed by atoms with Gasteiger partial charge in [-0.05, 0) is 42.3 Å². The van der Waals surface area contributed by atoms with Crippen molar-refractivity contribution in [2.24, 2.45) is 0 Å². The second kappa shape index (κ2) is 8.77. The molecule has 8 heteroatoms. The second-order valence-electron chi connectivity index (χ2n) is 6.50. The van der Waals surface area contributed by atoms with Crippen LogP contribution in [0.5, 0.6) is 0 Å². The summed E-state index contributed by atoms with van der Waals surface area (Å²) in [5, 5.41) is 2.52. The van der Waals surface area contributed by atoms with Gasteiger partial charge in [-0.25, -0.2) is 0 Å². The minimum Gasteiger partial charge on any atom is -0.446 e. The van der Waals surface area contributed by atoms with Crippen LogP contribution >= 0.6 is 0 Å². The molecule has 3 aromatic rings. The molecule has 0 atom stereocenters. The first-order valence-corrected chi connectivity index (χ1v) is 8.91. The van der Waals surface area contributed by atoms with Crippen LogP contribution in [0.2, 0.25) is 0 Å². The largest absolute Gasteiger partial charge is 0.446 e. The van der Waals surface area contributed by atoms with Gasteiger partial charge in [0.05, 0.1) is 5.56 Å². The van der Waals surface area contributed by atoms with E-state index in [-0.39, 0.29) is 11.6 Å². The maximum Gasteiger partial charge on any atom is 0.416 e. The lowest BCUT2D eigenvalue weighted by Crippen LogP contribution is -2.08. The Morgan fingerprint density at radius 2 is 1.87 bits per heavy atom. The van der Waals surface area contributed by atoms with E-state index in [4.69, 9.17) is 4.42 Å². The van der Waals surface area contributed by atoms with E-state index in [9.17, 15) is 22.8 Å². The van der Waals surface area contributed by atoms with Crippen molar-refractivity contribution in [3.8, 4) is 0 Å². The zero-order valence-corrected chi connectivity index (χ0v) is 15.9. The molecule has 0 fully saturated rings. The molecule has 1 heterocycles. The minimum atomic E-state index is -4.41. The molecule has 154 valence electrons. The number of amides is 1. The summed E-state index contributed by atoms with van der Waals surface area (Å²) in [6.45, 7) is 1.48. The van der Waals surface area contributed by atoms with Crippen molar-refractivity contribution in [3.05, 3.63) is 89.0 Å². The standard InChI is InChI=1S/C22H17F3N2O3/c1-14(28)17-4-2-3-16(11-17)12-21-27-19(13-30-21)26-20(29)10-7-15-5-8-18(9-6-15)22(23,24)25/h2-11,13H,12H2,1H3,(H,26,29). The van der Waals surface area contributed by atoms with Gasteiger partial charge in [0.25, 0.3) is 0 Å². The van der Waals surface area contributed by atoms with Crippen molar-refractivity contribution in [2.45, 2.75) is 19.5 Å². The maximum absolute atomic E-state index is 12.6. The lowest BCUT2D eigenvalue weighted by Gasteiger charge is -2.05. The van der Waals surface area contributed by atoms with Crippen LogP contribution in [-0.4, -0.2) is 16.7 Å². The number of anilines is 1. The minimum absolute atomic E-state index is 0.0444. The predicted octanol–water partition coefficient (Wildman–Crippen LogP) is 5.14. The number of carbonyl (C=O) groups excluding carboxylic acids is 2. The van der Waals surface area contributed by atoms with Crippen LogP contribution in [0.25, 0.3) is 6.08 Å². The van der Waals surface area contributed by atoms with Gasteiger partial charge in [0.15, 0.2) is 17.5 Å². The molecule has 3 rings (SSSR count). The Hall–Kier alpha value is -3.68. The summed E-state index contributed by atoms with van der Waals surface area (Å²) in [6.07, 6.45) is -0.193. The lowest BCUT2D eigenvalue weighted by atomic mass is 10.1. The quantitative estimate of drug-likeness (QED) is 0.448. The molecule has 2 aromatic carbocycles. The van der Waals surface area contributed by atoms with Crippen LogP contribution in [-0.2, 0) is 17.4 Å². The number of hydrogen-bond donors (Lipinski definition) is 1. The summed E-state index contributed by atoms with van der Waals surface area (Å²) < 4.78 is 43.0. The Morgan fingerprint density at radius 3 is 2.53 bits per heavy atom. The van der Waals surface area contributed by atoms with E-state index in [1.807, 2.05) is 6.07 Å². The fraction of sp³-hybridized carbons (Fsp3) is 0.136. The third-order valence-electron chi connectivity index (χ3n) is 4.16. The zero-order valence-electron chi connectivity index (χ0n) is 15.9. The van der Waals surface area contributed by atoms with Crippen molar-refractivity contribution in [2.75, 3.05) is 5.32 Å². The number of benzene rings is 2. The molecule has 0 aliphatic rings. The Morgan fingerprint density at radius 1 is 1.13 bits per heavy atom. The number of nitrogens with one attached hydrogen (secondary N) is 1. The highest BCUT2D eigenvalue weighted by atomic mass is 19.4. The number of ketones is 1. The molecule has 1 N–H and O–H groups in total. The topological polar surface area (TPSA) is 72.2 Å². The molecule has 0 saturated heterocycles. The molecule has 1 aromatic heterocycles. The molecule has 0 bridgehead atoms. The number of carbonyl (C=O) groups is 2. The van der Waals surface area contributed by atoms with E-state index in [0.29, 0.717) is 23.4 Å². The van der Waals surface area contributed by atoms with E-state index in [1.54, 1.807) is 18.2 Å². The zero-order chi connectivity index (χ0) is 21.7. The number of nitrogens with zero attached hydrogens (tertiary/aromatic N) is 1. The molecule has 0 radical (unpaired) electrons. The van der Waals surface area contributed by atoms with Gasteiger partial charge in [-0.15, -0.1) is 0 Å². The maximum atomic E-state index is 12.6. The summed E-state index contributed by atoms with van der Waals surface area (Å²) >= 11 is 0. The predicted molar refractivity (Wildman–Crippen MR) is 105 cm³/mol. The van der Waals surface area contributed by atoms with Crippen molar-refractivity contribution < 1.29 is 27.2 Å². The van der Waals surface area contributed by atoms with Gasteiger partial charge < -0.3 is 9.73 Å². The molecular weight excluding hydrogens is 397 g/mol. The molecule has 0 unspecified atom stereocenters. The monoisotopic (exact) mass is 414 g/mol. The smallest absolute Gasteiger partial charge is 0.416 e. The molecule has 30 heavy (non-hydrogen) atoms. The number of aromatic nitrogens is 1. The van der Waals surface area contributed by atoms with Gasteiger partial charge in [-0.1, -0.05) is 30.3 Å².